The number of nitrogens with zero attached hydrogens (tertiary/aromatic N) is 4. The summed E-state index contributed by atoms with van der Waals surface area (Å²) in [4.78, 5) is 75.5. The van der Waals surface area contributed by atoms with Gasteiger partial charge in [-0.15, -0.1) is 20.2 Å². The highest BCUT2D eigenvalue weighted by atomic mass is 35.5. The average Bonchev–Trinajstić information content (AvgIpc) is 4.16. The van der Waals surface area contributed by atoms with E-state index in [-0.39, 0.29) is 88.9 Å². The first kappa shape index (κ1) is 51.0. The molecular formula is C47H55ClF2N4O14. The highest BCUT2D eigenvalue weighted by Crippen LogP contribution is 2.46. The van der Waals surface area contributed by atoms with Crippen LogP contribution in [0.15, 0.2) is 60.2 Å². The number of halogens is 3. The van der Waals surface area contributed by atoms with Gasteiger partial charge in [-0.2, -0.15) is 0 Å². The number of amides is 2. The van der Waals surface area contributed by atoms with Gasteiger partial charge in [0.2, 0.25) is 0 Å². The summed E-state index contributed by atoms with van der Waals surface area (Å²) in [6, 6.07) is 14.0. The summed E-state index contributed by atoms with van der Waals surface area (Å²) in [5, 5.41) is 18.8. The van der Waals surface area contributed by atoms with Gasteiger partial charge in [-0.25, -0.2) is 18.4 Å². The first-order chi connectivity index (χ1) is 32.7. The molecule has 3 aromatic carbocycles. The van der Waals surface area contributed by atoms with E-state index in [1.807, 2.05) is 54.3 Å². The summed E-state index contributed by atoms with van der Waals surface area (Å²) in [5.41, 5.74) is 4.66. The standard InChI is InChI=1S/C47H55ClF2N4O14/c1-30-24-32(11-18-41(30)62-2)28-51(35-14-15-35)45(55)42-37(34-12-9-31(10-13-34)8-7-21-63-44-39(50)17-16-38(49)43(44)48)27-36-25-33(29-66-47(57)65-20-4-6-23-68-54(60)61)26-40(42)52(36)46(56)64-19-3-5-22-67-53(58)59/h9-13,16-18,24,33,35-36,40H,3-8,14-15,19-23,25-29H2,1-2H3. The first-order valence-corrected chi connectivity index (χ1v) is 22.9. The zero-order valence-corrected chi connectivity index (χ0v) is 38.6. The predicted molar refractivity (Wildman–Crippen MR) is 240 cm³/mol. The van der Waals surface area contributed by atoms with Crippen LogP contribution in [0.25, 0.3) is 5.57 Å². The first-order valence-electron chi connectivity index (χ1n) is 22.6. The Morgan fingerprint density at radius 1 is 0.809 bits per heavy atom. The molecule has 2 bridgehead atoms. The minimum Gasteiger partial charge on any atom is -0.496 e. The molecule has 21 heteroatoms. The number of ether oxygens (including phenoxy) is 5. The van der Waals surface area contributed by atoms with Gasteiger partial charge in [0.15, 0.2) is 11.6 Å². The lowest BCUT2D eigenvalue weighted by atomic mass is 9.73. The molecule has 2 heterocycles. The average molecular weight is 973 g/mol. The number of hydrogen-bond donors (Lipinski definition) is 0. The van der Waals surface area contributed by atoms with E-state index in [4.69, 9.17) is 35.3 Å². The summed E-state index contributed by atoms with van der Waals surface area (Å²) < 4.78 is 55.7. The molecule has 0 N–H and O–H groups in total. The number of methoxy groups -OCH3 is 1. The van der Waals surface area contributed by atoms with Gasteiger partial charge in [0.1, 0.15) is 16.6 Å². The van der Waals surface area contributed by atoms with E-state index >= 15 is 4.79 Å². The van der Waals surface area contributed by atoms with Crippen molar-refractivity contribution in [1.82, 2.24) is 9.80 Å². The van der Waals surface area contributed by atoms with Crippen LogP contribution in [0, 0.1) is 44.7 Å². The normalized spacial score (nSPS) is 17.5. The number of rotatable bonds is 25. The van der Waals surface area contributed by atoms with Crippen LogP contribution < -0.4 is 9.47 Å². The molecule has 3 atom stereocenters. The maximum atomic E-state index is 15.4. The van der Waals surface area contributed by atoms with Crippen molar-refractivity contribution >= 4 is 35.3 Å². The third-order valence-electron chi connectivity index (χ3n) is 12.0. The summed E-state index contributed by atoms with van der Waals surface area (Å²) >= 11 is 5.93. The van der Waals surface area contributed by atoms with Crippen molar-refractivity contribution in [1.29, 1.82) is 0 Å². The number of carbonyl (C=O) groups excluding carboxylic acids is 3. The van der Waals surface area contributed by atoms with E-state index in [1.165, 1.54) is 0 Å². The summed E-state index contributed by atoms with van der Waals surface area (Å²) in [6.45, 7) is 1.83. The zero-order chi connectivity index (χ0) is 48.7. The zero-order valence-electron chi connectivity index (χ0n) is 37.9. The third-order valence-corrected chi connectivity index (χ3v) is 12.4. The quantitative estimate of drug-likeness (QED) is 0.0255. The lowest BCUT2D eigenvalue weighted by molar-refractivity contribution is -0.757. The van der Waals surface area contributed by atoms with Gasteiger partial charge in [0.25, 0.3) is 16.1 Å². The smallest absolute Gasteiger partial charge is 0.496 e. The fourth-order valence-electron chi connectivity index (χ4n) is 8.63. The van der Waals surface area contributed by atoms with Crippen molar-refractivity contribution < 1.29 is 66.7 Å². The Labute approximate surface area is 396 Å². The summed E-state index contributed by atoms with van der Waals surface area (Å²) in [6.07, 6.45) is 3.01. The van der Waals surface area contributed by atoms with Crippen LogP contribution in [0.2, 0.25) is 5.02 Å². The molecule has 2 aliphatic heterocycles. The van der Waals surface area contributed by atoms with E-state index in [0.29, 0.717) is 50.0 Å². The second-order valence-corrected chi connectivity index (χ2v) is 17.2. The Balaban J connectivity index is 1.27. The SMILES string of the molecule is COc1ccc(CN(C(=O)C2=C(c3ccc(CCCOc4c(F)ccc(F)c4Cl)cc3)CC3CC(COC(=O)OCCCCO[N+](=O)[O-])CC2N3C(=O)OCCCCO[N+](=O)[O-])C2CC2)cc1C. The number of carbonyl (C=O) groups is 3. The van der Waals surface area contributed by atoms with Gasteiger partial charge in [-0.1, -0.05) is 48.0 Å². The van der Waals surface area contributed by atoms with Crippen molar-refractivity contribution in [2.45, 2.75) is 102 Å². The molecule has 1 saturated carbocycles. The van der Waals surface area contributed by atoms with E-state index in [0.717, 1.165) is 52.8 Å². The molecule has 3 aromatic rings. The van der Waals surface area contributed by atoms with Gasteiger partial charge in [-0.3, -0.25) is 9.69 Å². The molecule has 0 spiro atoms. The Kier molecular flexibility index (Phi) is 18.4. The molecule has 6 rings (SSSR count). The Morgan fingerprint density at radius 2 is 1.46 bits per heavy atom. The molecule has 3 aliphatic rings. The van der Waals surface area contributed by atoms with Crippen LogP contribution in [0.4, 0.5) is 18.4 Å². The van der Waals surface area contributed by atoms with Crippen molar-refractivity contribution in [3.05, 3.63) is 119 Å². The van der Waals surface area contributed by atoms with Gasteiger partial charge in [0, 0.05) is 24.2 Å². The highest BCUT2D eigenvalue weighted by Gasteiger charge is 2.49. The lowest BCUT2D eigenvalue weighted by Gasteiger charge is -2.49. The molecule has 0 aromatic heterocycles. The second kappa shape index (κ2) is 24.5. The fraction of sp³-hybridized carbons (Fsp3) is 0.511. The monoisotopic (exact) mass is 972 g/mol. The van der Waals surface area contributed by atoms with Crippen LogP contribution >= 0.6 is 11.6 Å². The molecule has 18 nitrogen and oxygen atoms in total. The van der Waals surface area contributed by atoms with Gasteiger partial charge < -0.3 is 38.3 Å². The number of fused-ring (bicyclic) bond motifs is 2. The predicted octanol–water partition coefficient (Wildman–Crippen LogP) is 9.01. The molecule has 1 aliphatic carbocycles. The molecule has 2 amide bonds. The summed E-state index contributed by atoms with van der Waals surface area (Å²) in [7, 11) is 1.59. The van der Waals surface area contributed by atoms with Crippen LogP contribution in [0.1, 0.15) is 86.5 Å². The lowest BCUT2D eigenvalue weighted by Crippen LogP contribution is -2.58. The highest BCUT2D eigenvalue weighted by molar-refractivity contribution is 6.32. The molecule has 68 heavy (non-hydrogen) atoms. The number of benzene rings is 3. The minimum atomic E-state index is -0.924. The van der Waals surface area contributed by atoms with Crippen LogP contribution in [-0.2, 0) is 41.6 Å². The third kappa shape index (κ3) is 14.1. The second-order valence-electron chi connectivity index (χ2n) is 16.9. The Bertz CT molecular complexity index is 2300. The Morgan fingerprint density at radius 3 is 2.10 bits per heavy atom. The van der Waals surface area contributed by atoms with Crippen molar-refractivity contribution in [2.24, 2.45) is 5.92 Å². The van der Waals surface area contributed by atoms with Crippen LogP contribution in [0.3, 0.4) is 0 Å². The van der Waals surface area contributed by atoms with Crippen LogP contribution in [-0.4, -0.2) is 103 Å². The Hall–Kier alpha value is -6.44. The fourth-order valence-corrected chi connectivity index (χ4v) is 8.84. The topological polar surface area (TPSA) is 209 Å². The van der Waals surface area contributed by atoms with E-state index < -0.39 is 51.2 Å². The maximum absolute atomic E-state index is 15.4. The maximum Gasteiger partial charge on any atom is 0.508 e. The van der Waals surface area contributed by atoms with Crippen molar-refractivity contribution in [3.63, 3.8) is 0 Å². The van der Waals surface area contributed by atoms with E-state index in [2.05, 4.69) is 9.68 Å². The van der Waals surface area contributed by atoms with Gasteiger partial charge in [-0.05, 0) is 129 Å². The number of aryl methyl sites for hydroxylation is 2. The summed E-state index contributed by atoms with van der Waals surface area (Å²) in [5.74, 6) is -1.75. The molecular weight excluding hydrogens is 918 g/mol. The molecule has 1 saturated heterocycles. The molecule has 368 valence electrons. The number of unbranched alkanes of at least 4 members (excludes halogenated alkanes) is 2. The molecule has 0 radical (unpaired) electrons. The van der Waals surface area contributed by atoms with Crippen LogP contribution in [0.5, 0.6) is 11.5 Å². The van der Waals surface area contributed by atoms with Crippen molar-refractivity contribution in [2.75, 3.05) is 46.8 Å². The minimum absolute atomic E-state index is 0.0423. The largest absolute Gasteiger partial charge is 0.508 e. The molecule has 2 fully saturated rings. The van der Waals surface area contributed by atoms with Gasteiger partial charge in [0.05, 0.1) is 52.8 Å². The number of piperidine rings is 1. The van der Waals surface area contributed by atoms with E-state index in [9.17, 15) is 38.6 Å². The molecule has 3 unspecified atom stereocenters. The van der Waals surface area contributed by atoms with E-state index in [1.54, 1.807) is 12.0 Å². The number of hydrogen-bond acceptors (Lipinski definition) is 14. The van der Waals surface area contributed by atoms with Gasteiger partial charge >= 0.3 is 12.2 Å². The van der Waals surface area contributed by atoms with Crippen molar-refractivity contribution in [3.8, 4) is 11.5 Å².